The highest BCUT2D eigenvalue weighted by atomic mass is 32.2. The van der Waals surface area contributed by atoms with Gasteiger partial charge < -0.3 is 15.8 Å². The first-order valence-corrected chi connectivity index (χ1v) is 8.09. The number of aromatic nitrogens is 1. The molecule has 0 radical (unpaired) electrons. The molecule has 120 valence electrons. The molecular formula is C14H13N3O5S. The number of carboxylic acids is 1. The molecule has 0 bridgehead atoms. The van der Waals surface area contributed by atoms with Crippen LogP contribution in [0, 0.1) is 0 Å². The van der Waals surface area contributed by atoms with Crippen LogP contribution in [0.5, 0.6) is 0 Å². The van der Waals surface area contributed by atoms with Crippen LogP contribution in [0.15, 0.2) is 41.4 Å². The van der Waals surface area contributed by atoms with Gasteiger partial charge in [-0.25, -0.2) is 13.2 Å². The van der Waals surface area contributed by atoms with Crippen molar-refractivity contribution < 1.29 is 23.1 Å². The van der Waals surface area contributed by atoms with Crippen LogP contribution >= 0.6 is 0 Å². The van der Waals surface area contributed by atoms with Crippen LogP contribution in [-0.2, 0) is 21.2 Å². The Bertz CT molecular complexity index is 903. The van der Waals surface area contributed by atoms with Gasteiger partial charge in [-0.15, -0.1) is 0 Å². The minimum absolute atomic E-state index is 0.181. The SMILES string of the molecule is NC(=O)[C@@H]1Cc2ccccc2N1S(=O)(=O)c1c[nH]c(C(=O)O)c1. The standard InChI is InChI=1S/C14H13N3O5S/c15-13(18)12-5-8-3-1-2-4-11(8)17(12)23(21,22)9-6-10(14(19)20)16-7-9/h1-4,6-7,12,16H,5H2,(H2,15,18)(H,19,20)/t12-/m0/s1. The Morgan fingerprint density at radius 2 is 2.00 bits per heavy atom. The average Bonchev–Trinajstić information content (AvgIpc) is 3.12. The molecule has 1 aliphatic rings. The molecule has 1 atom stereocenters. The Balaban J connectivity index is 2.12. The van der Waals surface area contributed by atoms with Gasteiger partial charge in [-0.1, -0.05) is 18.2 Å². The first-order valence-electron chi connectivity index (χ1n) is 6.65. The fraction of sp³-hybridized carbons (Fsp3) is 0.143. The number of hydrogen-bond acceptors (Lipinski definition) is 4. The Kier molecular flexibility index (Phi) is 3.37. The number of carbonyl (C=O) groups excluding carboxylic acids is 1. The van der Waals surface area contributed by atoms with E-state index in [9.17, 15) is 18.0 Å². The summed E-state index contributed by atoms with van der Waals surface area (Å²) >= 11 is 0. The van der Waals surface area contributed by atoms with Crippen LogP contribution in [0.4, 0.5) is 5.69 Å². The van der Waals surface area contributed by atoms with Gasteiger partial charge in [-0.2, -0.15) is 0 Å². The maximum atomic E-state index is 12.9. The molecule has 0 fully saturated rings. The zero-order chi connectivity index (χ0) is 16.8. The molecule has 8 nitrogen and oxygen atoms in total. The second kappa shape index (κ2) is 5.13. The number of para-hydroxylation sites is 1. The van der Waals surface area contributed by atoms with Gasteiger partial charge in [-0.05, 0) is 17.7 Å². The number of nitrogens with two attached hydrogens (primary N) is 1. The first kappa shape index (κ1) is 15.1. The molecule has 0 unspecified atom stereocenters. The monoisotopic (exact) mass is 335 g/mol. The third-order valence-electron chi connectivity index (χ3n) is 3.70. The summed E-state index contributed by atoms with van der Waals surface area (Å²) in [6, 6.07) is 6.68. The van der Waals surface area contributed by atoms with Gasteiger partial charge in [0.15, 0.2) is 0 Å². The lowest BCUT2D eigenvalue weighted by atomic mass is 10.1. The minimum Gasteiger partial charge on any atom is -0.477 e. The highest BCUT2D eigenvalue weighted by Crippen LogP contribution is 2.36. The van der Waals surface area contributed by atoms with E-state index in [0.29, 0.717) is 11.3 Å². The number of amides is 1. The smallest absolute Gasteiger partial charge is 0.352 e. The number of primary amides is 1. The van der Waals surface area contributed by atoms with Gasteiger partial charge in [0, 0.05) is 12.6 Å². The normalized spacial score (nSPS) is 17.0. The van der Waals surface area contributed by atoms with E-state index in [4.69, 9.17) is 10.8 Å². The van der Waals surface area contributed by atoms with Crippen LogP contribution in [0.2, 0.25) is 0 Å². The Morgan fingerprint density at radius 1 is 1.30 bits per heavy atom. The summed E-state index contributed by atoms with van der Waals surface area (Å²) in [5, 5.41) is 8.91. The molecule has 0 spiro atoms. The average molecular weight is 335 g/mol. The van der Waals surface area contributed by atoms with Crippen LogP contribution in [0.3, 0.4) is 0 Å². The molecular weight excluding hydrogens is 322 g/mol. The van der Waals surface area contributed by atoms with Crippen molar-refractivity contribution in [3.05, 3.63) is 47.8 Å². The predicted molar refractivity (Wildman–Crippen MR) is 80.5 cm³/mol. The molecule has 1 aliphatic heterocycles. The van der Waals surface area contributed by atoms with E-state index in [1.54, 1.807) is 24.3 Å². The lowest BCUT2D eigenvalue weighted by Gasteiger charge is -2.24. The van der Waals surface area contributed by atoms with Gasteiger partial charge in [0.25, 0.3) is 10.0 Å². The van der Waals surface area contributed by atoms with Crippen molar-refractivity contribution in [2.45, 2.75) is 17.4 Å². The predicted octanol–water partition coefficient (Wildman–Crippen LogP) is 0.318. The number of carboxylic acid groups (broad SMARTS) is 1. The number of aromatic carboxylic acids is 1. The summed E-state index contributed by atoms with van der Waals surface area (Å²) in [6.07, 6.45) is 1.26. The van der Waals surface area contributed by atoms with E-state index in [0.717, 1.165) is 16.6 Å². The van der Waals surface area contributed by atoms with Crippen molar-refractivity contribution in [3.8, 4) is 0 Å². The highest BCUT2D eigenvalue weighted by molar-refractivity contribution is 7.93. The molecule has 2 aromatic rings. The Morgan fingerprint density at radius 3 is 2.61 bits per heavy atom. The number of H-pyrrole nitrogens is 1. The summed E-state index contributed by atoms with van der Waals surface area (Å²) < 4.78 is 26.7. The number of fused-ring (bicyclic) bond motifs is 1. The molecule has 4 N–H and O–H groups in total. The van der Waals surface area contributed by atoms with Gasteiger partial charge in [0.2, 0.25) is 5.91 Å². The number of benzene rings is 1. The van der Waals surface area contributed by atoms with Crippen molar-refractivity contribution in [1.29, 1.82) is 0 Å². The van der Waals surface area contributed by atoms with E-state index in [1.807, 2.05) is 0 Å². The second-order valence-electron chi connectivity index (χ2n) is 5.11. The Hall–Kier alpha value is -2.81. The Labute approximate surface area is 131 Å². The number of nitrogens with zero attached hydrogens (tertiary/aromatic N) is 1. The first-order chi connectivity index (χ1) is 10.8. The van der Waals surface area contributed by atoms with Crippen molar-refractivity contribution in [2.75, 3.05) is 4.31 Å². The van der Waals surface area contributed by atoms with E-state index < -0.39 is 27.9 Å². The van der Waals surface area contributed by atoms with Crippen molar-refractivity contribution in [1.82, 2.24) is 4.98 Å². The van der Waals surface area contributed by atoms with Gasteiger partial charge in [0.05, 0.1) is 5.69 Å². The summed E-state index contributed by atoms with van der Waals surface area (Å²) in [7, 11) is -4.12. The lowest BCUT2D eigenvalue weighted by Crippen LogP contribution is -2.45. The number of anilines is 1. The van der Waals surface area contributed by atoms with Gasteiger partial charge in [-0.3, -0.25) is 9.10 Å². The fourth-order valence-corrected chi connectivity index (χ4v) is 4.28. The molecule has 3 rings (SSSR count). The number of hydrogen-bond donors (Lipinski definition) is 3. The molecule has 1 aromatic heterocycles. The number of carbonyl (C=O) groups is 2. The topological polar surface area (TPSA) is 134 Å². The van der Waals surface area contributed by atoms with Crippen LogP contribution < -0.4 is 10.0 Å². The summed E-state index contributed by atoms with van der Waals surface area (Å²) in [5.41, 5.74) is 6.15. The highest BCUT2D eigenvalue weighted by Gasteiger charge is 2.41. The quantitative estimate of drug-likeness (QED) is 0.740. The maximum Gasteiger partial charge on any atom is 0.352 e. The molecule has 1 aromatic carbocycles. The zero-order valence-corrected chi connectivity index (χ0v) is 12.6. The van der Waals surface area contributed by atoms with E-state index in [2.05, 4.69) is 4.98 Å². The van der Waals surface area contributed by atoms with Crippen LogP contribution in [0.1, 0.15) is 16.1 Å². The third kappa shape index (κ3) is 2.34. The van der Waals surface area contributed by atoms with E-state index in [1.165, 1.54) is 0 Å². The third-order valence-corrected chi connectivity index (χ3v) is 5.50. The van der Waals surface area contributed by atoms with E-state index >= 15 is 0 Å². The number of nitrogens with one attached hydrogen (secondary N) is 1. The largest absolute Gasteiger partial charge is 0.477 e. The number of rotatable bonds is 4. The summed E-state index contributed by atoms with van der Waals surface area (Å²) in [4.78, 5) is 24.7. The summed E-state index contributed by atoms with van der Waals surface area (Å²) in [5.74, 6) is -2.04. The minimum atomic E-state index is -4.12. The fourth-order valence-electron chi connectivity index (χ4n) is 2.63. The summed E-state index contributed by atoms with van der Waals surface area (Å²) in [6.45, 7) is 0. The molecule has 0 saturated heterocycles. The lowest BCUT2D eigenvalue weighted by molar-refractivity contribution is -0.118. The molecule has 9 heteroatoms. The number of aromatic amines is 1. The zero-order valence-electron chi connectivity index (χ0n) is 11.8. The van der Waals surface area contributed by atoms with Crippen molar-refractivity contribution in [3.63, 3.8) is 0 Å². The second-order valence-corrected chi connectivity index (χ2v) is 6.92. The van der Waals surface area contributed by atoms with E-state index in [-0.39, 0.29) is 17.0 Å². The van der Waals surface area contributed by atoms with Gasteiger partial charge >= 0.3 is 5.97 Å². The van der Waals surface area contributed by atoms with Gasteiger partial charge in [0.1, 0.15) is 16.6 Å². The van der Waals surface area contributed by atoms with Crippen LogP contribution in [0.25, 0.3) is 0 Å². The molecule has 0 saturated carbocycles. The van der Waals surface area contributed by atoms with Crippen molar-refractivity contribution in [2.24, 2.45) is 5.73 Å². The molecule has 0 aliphatic carbocycles. The molecule has 1 amide bonds. The van der Waals surface area contributed by atoms with Crippen molar-refractivity contribution >= 4 is 27.6 Å². The number of sulfonamides is 1. The molecule has 23 heavy (non-hydrogen) atoms. The van der Waals surface area contributed by atoms with Crippen LogP contribution in [-0.4, -0.2) is 36.4 Å². The molecule has 2 heterocycles. The maximum absolute atomic E-state index is 12.9.